The Labute approximate surface area is 179 Å². The van der Waals surface area contributed by atoms with E-state index in [1.807, 2.05) is 32.0 Å². The Kier molecular flexibility index (Phi) is 6.56. The number of likely N-dealkylation sites (N-methyl/N-ethyl adjacent to an activating group) is 1. The smallest absolute Gasteiger partial charge is 0.254 e. The van der Waals surface area contributed by atoms with Crippen molar-refractivity contribution >= 4 is 40.7 Å². The minimum Gasteiger partial charge on any atom is -0.330 e. The summed E-state index contributed by atoms with van der Waals surface area (Å²) in [6, 6.07) is 14.0. The van der Waals surface area contributed by atoms with Crippen molar-refractivity contribution in [3.63, 3.8) is 0 Å². The molecule has 3 aromatic rings. The molecule has 0 aliphatic carbocycles. The van der Waals surface area contributed by atoms with Crippen LogP contribution < -0.4 is 5.32 Å². The third kappa shape index (κ3) is 4.78. The van der Waals surface area contributed by atoms with Gasteiger partial charge in [-0.25, -0.2) is 4.68 Å². The van der Waals surface area contributed by atoms with Gasteiger partial charge in [-0.2, -0.15) is 5.10 Å². The molecule has 2 aromatic carbocycles. The molecule has 0 aliphatic rings. The molecule has 29 heavy (non-hydrogen) atoms. The number of halogens is 2. The first kappa shape index (κ1) is 20.9. The largest absolute Gasteiger partial charge is 0.330 e. The van der Waals surface area contributed by atoms with E-state index in [1.165, 1.54) is 4.90 Å². The second-order valence-corrected chi connectivity index (χ2v) is 7.21. The maximum Gasteiger partial charge on any atom is 0.254 e. The number of carbonyl (C=O) groups is 2. The zero-order valence-corrected chi connectivity index (χ0v) is 17.5. The van der Waals surface area contributed by atoms with Gasteiger partial charge in [0.2, 0.25) is 5.91 Å². The Balaban J connectivity index is 1.70. The number of carbonyl (C=O) groups excluding carboxylic acids is 2. The zero-order valence-electron chi connectivity index (χ0n) is 16.0. The van der Waals surface area contributed by atoms with Crippen LogP contribution in [0.25, 0.3) is 5.69 Å². The summed E-state index contributed by atoms with van der Waals surface area (Å²) in [5, 5.41) is 7.60. The van der Waals surface area contributed by atoms with Gasteiger partial charge in [0.25, 0.3) is 5.91 Å². The first-order valence-corrected chi connectivity index (χ1v) is 9.80. The van der Waals surface area contributed by atoms with Gasteiger partial charge in [-0.3, -0.25) is 9.59 Å². The van der Waals surface area contributed by atoms with Gasteiger partial charge in [0, 0.05) is 24.0 Å². The molecule has 1 aromatic heterocycles. The summed E-state index contributed by atoms with van der Waals surface area (Å²) in [6.45, 7) is 4.03. The predicted octanol–water partition coefficient (Wildman–Crippen LogP) is 4.59. The van der Waals surface area contributed by atoms with Gasteiger partial charge in [0.05, 0.1) is 21.4 Å². The van der Waals surface area contributed by atoms with Gasteiger partial charge in [-0.05, 0) is 56.3 Å². The van der Waals surface area contributed by atoms with Crippen LogP contribution >= 0.6 is 23.2 Å². The number of rotatable bonds is 6. The van der Waals surface area contributed by atoms with Crippen LogP contribution in [0.2, 0.25) is 10.0 Å². The van der Waals surface area contributed by atoms with Crippen LogP contribution in [0.1, 0.15) is 23.0 Å². The van der Waals surface area contributed by atoms with Crippen LogP contribution in [-0.4, -0.2) is 39.6 Å². The van der Waals surface area contributed by atoms with E-state index in [9.17, 15) is 9.59 Å². The fourth-order valence-electron chi connectivity index (χ4n) is 2.86. The number of aromatic nitrogens is 2. The molecule has 0 fully saturated rings. The minimum absolute atomic E-state index is 0.114. The summed E-state index contributed by atoms with van der Waals surface area (Å²) in [7, 11) is 0. The average Bonchev–Trinajstić information content (AvgIpc) is 3.14. The molecule has 1 N–H and O–H groups in total. The number of para-hydroxylation sites is 1. The molecular formula is C21H20Cl2N4O2. The molecule has 2 amide bonds. The molecular weight excluding hydrogens is 411 g/mol. The molecule has 150 valence electrons. The predicted molar refractivity (Wildman–Crippen MR) is 115 cm³/mol. The molecule has 0 radical (unpaired) electrons. The number of aryl methyl sites for hydroxylation is 1. The molecule has 1 heterocycles. The van der Waals surface area contributed by atoms with Gasteiger partial charge >= 0.3 is 0 Å². The van der Waals surface area contributed by atoms with Gasteiger partial charge in [0.1, 0.15) is 6.54 Å². The number of hydrogen-bond donors (Lipinski definition) is 1. The number of benzene rings is 2. The fraction of sp³-hybridized carbons (Fsp3) is 0.190. The van der Waals surface area contributed by atoms with E-state index in [0.717, 1.165) is 11.4 Å². The van der Waals surface area contributed by atoms with Crippen LogP contribution in [0.15, 0.2) is 54.7 Å². The Morgan fingerprint density at radius 2 is 1.72 bits per heavy atom. The second-order valence-electron chi connectivity index (χ2n) is 6.40. The number of hydrogen-bond acceptors (Lipinski definition) is 3. The fourth-order valence-corrected chi connectivity index (χ4v) is 3.36. The summed E-state index contributed by atoms with van der Waals surface area (Å²) in [6.07, 6.45) is 1.72. The highest BCUT2D eigenvalue weighted by atomic mass is 35.5. The highest BCUT2D eigenvalue weighted by Crippen LogP contribution is 2.29. The molecule has 0 spiro atoms. The van der Waals surface area contributed by atoms with E-state index in [0.29, 0.717) is 27.8 Å². The topological polar surface area (TPSA) is 67.2 Å². The van der Waals surface area contributed by atoms with E-state index < -0.39 is 0 Å². The van der Waals surface area contributed by atoms with E-state index in [2.05, 4.69) is 10.4 Å². The maximum absolute atomic E-state index is 12.8. The normalized spacial score (nSPS) is 10.6. The molecule has 3 rings (SSSR count). The van der Waals surface area contributed by atoms with E-state index in [-0.39, 0.29) is 18.4 Å². The molecule has 0 unspecified atom stereocenters. The van der Waals surface area contributed by atoms with E-state index >= 15 is 0 Å². The lowest BCUT2D eigenvalue weighted by Gasteiger charge is -2.21. The molecule has 0 bridgehead atoms. The summed E-state index contributed by atoms with van der Waals surface area (Å²) in [5.41, 5.74) is 2.68. The van der Waals surface area contributed by atoms with E-state index in [4.69, 9.17) is 23.2 Å². The molecule has 0 atom stereocenters. The van der Waals surface area contributed by atoms with Crippen molar-refractivity contribution in [1.29, 1.82) is 0 Å². The number of nitrogens with zero attached hydrogens (tertiary/aromatic N) is 3. The number of anilines is 1. The van der Waals surface area contributed by atoms with Crippen molar-refractivity contribution in [1.82, 2.24) is 14.7 Å². The first-order chi connectivity index (χ1) is 13.9. The summed E-state index contributed by atoms with van der Waals surface area (Å²) < 4.78 is 1.78. The first-order valence-electron chi connectivity index (χ1n) is 9.05. The standard InChI is InChI=1S/C21H20Cl2N4O2/c1-3-26(13-19(28)25-20-17(22)5-4-6-18(20)23)21(29)15-7-9-16(10-8-15)27-14(2)11-12-24-27/h4-12H,3,13H2,1-2H3,(H,25,28). The van der Waals surface area contributed by atoms with Crippen molar-refractivity contribution in [2.75, 3.05) is 18.4 Å². The lowest BCUT2D eigenvalue weighted by molar-refractivity contribution is -0.116. The third-order valence-electron chi connectivity index (χ3n) is 4.42. The van der Waals surface area contributed by atoms with Gasteiger partial charge in [0.15, 0.2) is 0 Å². The molecule has 0 saturated heterocycles. The molecule has 6 nitrogen and oxygen atoms in total. The lowest BCUT2D eigenvalue weighted by Crippen LogP contribution is -2.38. The van der Waals surface area contributed by atoms with Crippen molar-refractivity contribution in [3.8, 4) is 5.69 Å². The van der Waals surface area contributed by atoms with Crippen molar-refractivity contribution in [2.24, 2.45) is 0 Å². The Hall–Kier alpha value is -2.83. The third-order valence-corrected chi connectivity index (χ3v) is 5.05. The van der Waals surface area contributed by atoms with Gasteiger partial charge < -0.3 is 10.2 Å². The van der Waals surface area contributed by atoms with Crippen LogP contribution in [0.5, 0.6) is 0 Å². The van der Waals surface area contributed by atoms with Crippen LogP contribution in [0, 0.1) is 6.92 Å². The van der Waals surface area contributed by atoms with Crippen LogP contribution in [0.3, 0.4) is 0 Å². The van der Waals surface area contributed by atoms with Crippen LogP contribution in [0.4, 0.5) is 5.69 Å². The van der Waals surface area contributed by atoms with Crippen molar-refractivity contribution < 1.29 is 9.59 Å². The quantitative estimate of drug-likeness (QED) is 0.621. The van der Waals surface area contributed by atoms with Crippen molar-refractivity contribution in [2.45, 2.75) is 13.8 Å². The number of amides is 2. The van der Waals surface area contributed by atoms with E-state index in [1.54, 1.807) is 41.2 Å². The second kappa shape index (κ2) is 9.11. The Morgan fingerprint density at radius 3 is 2.28 bits per heavy atom. The van der Waals surface area contributed by atoms with Gasteiger partial charge in [-0.1, -0.05) is 29.3 Å². The van der Waals surface area contributed by atoms with Crippen molar-refractivity contribution in [3.05, 3.63) is 76.0 Å². The zero-order chi connectivity index (χ0) is 21.0. The minimum atomic E-state index is -0.376. The number of nitrogens with one attached hydrogen (secondary N) is 1. The highest BCUT2D eigenvalue weighted by Gasteiger charge is 2.19. The Morgan fingerprint density at radius 1 is 1.07 bits per heavy atom. The summed E-state index contributed by atoms with van der Waals surface area (Å²) in [4.78, 5) is 26.7. The molecule has 0 saturated carbocycles. The SMILES string of the molecule is CCN(CC(=O)Nc1c(Cl)cccc1Cl)C(=O)c1ccc(-n2nccc2C)cc1. The average molecular weight is 431 g/mol. The summed E-state index contributed by atoms with van der Waals surface area (Å²) >= 11 is 12.2. The maximum atomic E-state index is 12.8. The van der Waals surface area contributed by atoms with Gasteiger partial charge in [-0.15, -0.1) is 0 Å². The lowest BCUT2D eigenvalue weighted by atomic mass is 10.1. The summed E-state index contributed by atoms with van der Waals surface area (Å²) in [5.74, 6) is -0.615. The highest BCUT2D eigenvalue weighted by molar-refractivity contribution is 6.39. The Bertz CT molecular complexity index is 1010. The molecule has 0 aliphatic heterocycles. The monoisotopic (exact) mass is 430 g/mol. The van der Waals surface area contributed by atoms with Crippen LogP contribution in [-0.2, 0) is 4.79 Å². The molecule has 8 heteroatoms.